The predicted molar refractivity (Wildman–Crippen MR) is 119 cm³/mol. The lowest BCUT2D eigenvalue weighted by atomic mass is 9.95. The van der Waals surface area contributed by atoms with Crippen LogP contribution >= 0.6 is 0 Å². The van der Waals surface area contributed by atoms with Crippen LogP contribution < -0.4 is 15.5 Å². The maximum absolute atomic E-state index is 11.6. The van der Waals surface area contributed by atoms with Gasteiger partial charge in [-0.05, 0) is 42.0 Å². The van der Waals surface area contributed by atoms with Gasteiger partial charge in [0.2, 0.25) is 0 Å². The second-order valence-electron chi connectivity index (χ2n) is 7.09. The van der Waals surface area contributed by atoms with E-state index in [0.717, 1.165) is 17.0 Å². The van der Waals surface area contributed by atoms with Gasteiger partial charge in [-0.15, -0.1) is 0 Å². The molecule has 1 aliphatic heterocycles. The molecule has 2 atom stereocenters. The van der Waals surface area contributed by atoms with Gasteiger partial charge in [0.1, 0.15) is 17.7 Å². The van der Waals surface area contributed by atoms with Crippen LogP contribution in [0.3, 0.4) is 0 Å². The minimum Gasteiger partial charge on any atom is -0.497 e. The van der Waals surface area contributed by atoms with Crippen LogP contribution in [0.15, 0.2) is 83.9 Å². The average molecular weight is 417 g/mol. The Kier molecular flexibility index (Phi) is 6.14. The number of hydrogen-bond acceptors (Lipinski definition) is 5. The highest BCUT2D eigenvalue weighted by Crippen LogP contribution is 2.33. The van der Waals surface area contributed by atoms with Crippen molar-refractivity contribution in [1.82, 2.24) is 5.48 Å². The molecule has 0 bridgehead atoms. The molecule has 1 saturated heterocycles. The zero-order valence-corrected chi connectivity index (χ0v) is 17.0. The summed E-state index contributed by atoms with van der Waals surface area (Å²) in [5.74, 6) is 0.135. The molecule has 0 amide bonds. The molecular weight excluding hydrogens is 394 g/mol. The molecule has 3 aromatic carbocycles. The van der Waals surface area contributed by atoms with E-state index in [4.69, 9.17) is 9.57 Å². The first-order valence-electron chi connectivity index (χ1n) is 9.91. The Labute approximate surface area is 180 Å². The zero-order chi connectivity index (χ0) is 21.6. The summed E-state index contributed by atoms with van der Waals surface area (Å²) >= 11 is 0. The number of carbonyl (C=O) groups is 1. The molecule has 1 heterocycles. The largest absolute Gasteiger partial charge is 0.497 e. The standard InChI is InChI=1S/C24H23N3O4/c1-30-18-13-11-16(12-14-18)22-20(15-25-17-7-3-2-4-8-17)23(27-31-22)26-21-10-6-5-9-19(21)24(28)29/h2-14,20,22,25H,15H2,1H3,(H,26,27)(H,28,29). The lowest BCUT2D eigenvalue weighted by molar-refractivity contribution is 0.0296. The van der Waals surface area contributed by atoms with E-state index < -0.39 is 5.97 Å². The summed E-state index contributed by atoms with van der Waals surface area (Å²) in [6.45, 7) is 0.543. The van der Waals surface area contributed by atoms with Gasteiger partial charge in [-0.25, -0.2) is 9.79 Å². The molecule has 3 N–H and O–H groups in total. The van der Waals surface area contributed by atoms with E-state index in [-0.39, 0.29) is 17.6 Å². The lowest BCUT2D eigenvalue weighted by Crippen LogP contribution is -2.26. The van der Waals surface area contributed by atoms with Crippen molar-refractivity contribution in [1.29, 1.82) is 0 Å². The minimum absolute atomic E-state index is 0.138. The molecule has 0 aliphatic carbocycles. The highest BCUT2D eigenvalue weighted by Gasteiger charge is 2.36. The Morgan fingerprint density at radius 1 is 1.06 bits per heavy atom. The van der Waals surface area contributed by atoms with Crippen molar-refractivity contribution in [3.63, 3.8) is 0 Å². The fraction of sp³-hybridized carbons (Fsp3) is 0.167. The number of anilines is 1. The summed E-state index contributed by atoms with van der Waals surface area (Å²) < 4.78 is 5.25. The molecule has 7 heteroatoms. The van der Waals surface area contributed by atoms with Gasteiger partial charge in [-0.3, -0.25) is 10.3 Å². The van der Waals surface area contributed by atoms with Crippen molar-refractivity contribution < 1.29 is 19.5 Å². The molecule has 3 aromatic rings. The number of carboxylic acids is 1. The summed E-state index contributed by atoms with van der Waals surface area (Å²) in [6.07, 6.45) is -0.308. The summed E-state index contributed by atoms with van der Waals surface area (Å²) in [4.78, 5) is 22.1. The predicted octanol–water partition coefficient (Wildman–Crippen LogP) is 4.43. The van der Waals surface area contributed by atoms with E-state index in [0.29, 0.717) is 18.1 Å². The van der Waals surface area contributed by atoms with E-state index in [1.54, 1.807) is 25.3 Å². The van der Waals surface area contributed by atoms with Crippen molar-refractivity contribution in [2.24, 2.45) is 10.9 Å². The molecule has 0 saturated carbocycles. The van der Waals surface area contributed by atoms with Crippen molar-refractivity contribution in [3.05, 3.63) is 90.0 Å². The van der Waals surface area contributed by atoms with Crippen molar-refractivity contribution >= 4 is 23.2 Å². The molecule has 1 fully saturated rings. The molecule has 0 aromatic heterocycles. The summed E-state index contributed by atoms with van der Waals surface area (Å²) in [5.41, 5.74) is 5.38. The molecule has 0 spiro atoms. The molecular formula is C24H23N3O4. The van der Waals surface area contributed by atoms with Crippen molar-refractivity contribution in [2.45, 2.75) is 6.10 Å². The topological polar surface area (TPSA) is 92.2 Å². The van der Waals surface area contributed by atoms with Gasteiger partial charge in [-0.1, -0.05) is 42.5 Å². The maximum atomic E-state index is 11.6. The maximum Gasteiger partial charge on any atom is 0.337 e. The Bertz CT molecular complexity index is 1070. The van der Waals surface area contributed by atoms with Gasteiger partial charge < -0.3 is 15.2 Å². The van der Waals surface area contributed by atoms with Crippen LogP contribution in [0.25, 0.3) is 0 Å². The number of nitrogens with one attached hydrogen (secondary N) is 2. The summed E-state index contributed by atoms with van der Waals surface area (Å²) in [5, 5.41) is 12.9. The van der Waals surface area contributed by atoms with Crippen LogP contribution in [0.1, 0.15) is 22.0 Å². The average Bonchev–Trinajstić information content (AvgIpc) is 3.21. The SMILES string of the molecule is COc1ccc(C2ONC(=Nc3ccccc3C(=O)O)C2CNc2ccccc2)cc1. The minimum atomic E-state index is -1.02. The number of rotatable bonds is 7. The zero-order valence-electron chi connectivity index (χ0n) is 17.0. The number of aliphatic imine (C=N–C) groups is 1. The van der Waals surface area contributed by atoms with Gasteiger partial charge in [0.05, 0.1) is 24.3 Å². The summed E-state index contributed by atoms with van der Waals surface area (Å²) in [7, 11) is 1.62. The molecule has 158 valence electrons. The van der Waals surface area contributed by atoms with E-state index in [1.165, 1.54) is 6.07 Å². The Morgan fingerprint density at radius 3 is 2.48 bits per heavy atom. The van der Waals surface area contributed by atoms with Gasteiger partial charge in [0.15, 0.2) is 0 Å². The molecule has 4 rings (SSSR count). The number of nitrogens with zero attached hydrogens (tertiary/aromatic N) is 1. The van der Waals surface area contributed by atoms with Crippen LogP contribution in [0.5, 0.6) is 5.75 Å². The highest BCUT2D eigenvalue weighted by molar-refractivity contribution is 5.96. The highest BCUT2D eigenvalue weighted by atomic mass is 16.7. The van der Waals surface area contributed by atoms with Gasteiger partial charge in [0, 0.05) is 12.2 Å². The fourth-order valence-electron chi connectivity index (χ4n) is 3.49. The fourth-order valence-corrected chi connectivity index (χ4v) is 3.49. The smallest absolute Gasteiger partial charge is 0.337 e. The Morgan fingerprint density at radius 2 is 1.77 bits per heavy atom. The first-order valence-corrected chi connectivity index (χ1v) is 9.91. The number of hydrogen-bond donors (Lipinski definition) is 3. The number of methoxy groups -OCH3 is 1. The third kappa shape index (κ3) is 4.67. The molecule has 2 unspecified atom stereocenters. The van der Waals surface area contributed by atoms with Crippen LogP contribution in [-0.4, -0.2) is 30.6 Å². The monoisotopic (exact) mass is 417 g/mol. The van der Waals surface area contributed by atoms with Crippen LogP contribution in [0.2, 0.25) is 0 Å². The van der Waals surface area contributed by atoms with Crippen molar-refractivity contribution in [2.75, 3.05) is 19.0 Å². The van der Waals surface area contributed by atoms with E-state index in [9.17, 15) is 9.90 Å². The number of aromatic carboxylic acids is 1. The first kappa shape index (κ1) is 20.4. The summed E-state index contributed by atoms with van der Waals surface area (Å²) in [6, 6.07) is 24.2. The number of ether oxygens (including phenoxy) is 1. The number of benzene rings is 3. The van der Waals surface area contributed by atoms with Crippen LogP contribution in [-0.2, 0) is 4.84 Å². The molecule has 31 heavy (non-hydrogen) atoms. The van der Waals surface area contributed by atoms with E-state index >= 15 is 0 Å². The van der Waals surface area contributed by atoms with E-state index in [1.807, 2.05) is 54.6 Å². The van der Waals surface area contributed by atoms with Gasteiger partial charge in [-0.2, -0.15) is 0 Å². The Balaban J connectivity index is 1.65. The molecule has 1 aliphatic rings. The molecule has 7 nitrogen and oxygen atoms in total. The first-order chi connectivity index (χ1) is 15.2. The molecule has 0 radical (unpaired) electrons. The second kappa shape index (κ2) is 9.32. The Hall–Kier alpha value is -3.84. The normalized spacial score (nSPS) is 19.1. The van der Waals surface area contributed by atoms with E-state index in [2.05, 4.69) is 15.8 Å². The number of carboxylic acid groups (broad SMARTS) is 1. The van der Waals surface area contributed by atoms with Crippen molar-refractivity contribution in [3.8, 4) is 5.75 Å². The number of para-hydroxylation sites is 2. The van der Waals surface area contributed by atoms with Crippen LogP contribution in [0, 0.1) is 5.92 Å². The third-order valence-electron chi connectivity index (χ3n) is 5.13. The van der Waals surface area contributed by atoms with Gasteiger partial charge in [0.25, 0.3) is 0 Å². The quantitative estimate of drug-likeness (QED) is 0.527. The number of hydroxylamine groups is 1. The number of amidine groups is 1. The second-order valence-corrected chi connectivity index (χ2v) is 7.09. The third-order valence-corrected chi connectivity index (χ3v) is 5.13. The lowest BCUT2D eigenvalue weighted by Gasteiger charge is -2.18. The van der Waals surface area contributed by atoms with Crippen LogP contribution in [0.4, 0.5) is 11.4 Å². The van der Waals surface area contributed by atoms with Gasteiger partial charge >= 0.3 is 5.97 Å².